The van der Waals surface area contributed by atoms with Crippen molar-refractivity contribution in [1.29, 1.82) is 0 Å². The smallest absolute Gasteiger partial charge is 0.323 e. The summed E-state index contributed by atoms with van der Waals surface area (Å²) in [7, 11) is 0. The Labute approximate surface area is 137 Å². The van der Waals surface area contributed by atoms with Crippen LogP contribution in [-0.4, -0.2) is 21.1 Å². The van der Waals surface area contributed by atoms with Crippen molar-refractivity contribution in [2.75, 3.05) is 5.32 Å². The molecule has 0 saturated carbocycles. The molecular weight excluding hydrogens is 353 g/mol. The lowest BCUT2D eigenvalue weighted by atomic mass is 10.3. The van der Waals surface area contributed by atoms with Gasteiger partial charge in [-0.3, -0.25) is 4.79 Å². The molecule has 0 aliphatic carbocycles. The number of anilines is 1. The number of carbonyl (C=O) groups is 1. The number of nitrogens with zero attached hydrogens (tertiary/aromatic N) is 2. The van der Waals surface area contributed by atoms with E-state index in [0.29, 0.717) is 17.8 Å². The first kappa shape index (κ1) is 18.1. The average Bonchev–Trinajstić information content (AvgIpc) is 2.50. The van der Waals surface area contributed by atoms with Crippen LogP contribution in [0.5, 0.6) is 0 Å². The van der Waals surface area contributed by atoms with Gasteiger partial charge in [-0.05, 0) is 25.1 Å². The molecule has 0 spiro atoms. The second kappa shape index (κ2) is 7.12. The van der Waals surface area contributed by atoms with E-state index in [2.05, 4.69) is 15.3 Å². The van der Waals surface area contributed by atoms with Crippen LogP contribution in [0.25, 0.3) is 0 Å². The Morgan fingerprint density at radius 2 is 1.96 bits per heavy atom. The molecular formula is C14H10F5N3OS. The highest BCUT2D eigenvalue weighted by atomic mass is 32.2. The zero-order valence-corrected chi connectivity index (χ0v) is 12.9. The van der Waals surface area contributed by atoms with E-state index in [-0.39, 0.29) is 10.8 Å². The number of hydrogen-bond donors (Lipinski definition) is 1. The molecule has 0 aliphatic rings. The predicted molar refractivity (Wildman–Crippen MR) is 77.3 cm³/mol. The Morgan fingerprint density at radius 1 is 1.25 bits per heavy atom. The molecule has 2 rings (SSSR count). The predicted octanol–water partition coefficient (Wildman–Crippen LogP) is 3.89. The zero-order chi connectivity index (χ0) is 17.9. The maximum absolute atomic E-state index is 13.5. The van der Waals surface area contributed by atoms with Gasteiger partial charge in [-0.2, -0.15) is 13.2 Å². The van der Waals surface area contributed by atoms with Crippen molar-refractivity contribution < 1.29 is 26.7 Å². The lowest BCUT2D eigenvalue weighted by molar-refractivity contribution is -0.141. The van der Waals surface area contributed by atoms with Crippen molar-refractivity contribution >= 4 is 23.4 Å². The molecule has 0 aliphatic heterocycles. The van der Waals surface area contributed by atoms with E-state index in [1.165, 1.54) is 6.92 Å². The first-order chi connectivity index (χ1) is 11.2. The van der Waals surface area contributed by atoms with Gasteiger partial charge in [-0.15, -0.1) is 0 Å². The van der Waals surface area contributed by atoms with Crippen LogP contribution in [0.3, 0.4) is 0 Å². The number of rotatable bonds is 4. The quantitative estimate of drug-likeness (QED) is 0.509. The van der Waals surface area contributed by atoms with Gasteiger partial charge in [0.05, 0.1) is 10.9 Å². The highest BCUT2D eigenvalue weighted by molar-refractivity contribution is 8.00. The Bertz CT molecular complexity index is 753. The molecule has 0 bridgehead atoms. The lowest BCUT2D eigenvalue weighted by Crippen LogP contribution is -2.23. The molecule has 1 aromatic carbocycles. The third kappa shape index (κ3) is 4.63. The Kier molecular flexibility index (Phi) is 5.37. The molecule has 0 fully saturated rings. The summed E-state index contributed by atoms with van der Waals surface area (Å²) in [6.45, 7) is 1.38. The fourth-order valence-electron chi connectivity index (χ4n) is 1.59. The normalized spacial score (nSPS) is 12.8. The standard InChI is InChI=1S/C14H10F5N3OS/c1-7(12(23)21-10-6-8(15)2-3-9(10)16)24-13-20-5-4-11(22-13)14(17,18)19/h2-7H,1H3,(H,21,23). The number of nitrogens with one attached hydrogen (secondary N) is 1. The van der Waals surface area contributed by atoms with Crippen molar-refractivity contribution in [2.45, 2.75) is 23.5 Å². The first-order valence-corrected chi connectivity index (χ1v) is 7.37. The molecule has 2 aromatic rings. The second-order valence-electron chi connectivity index (χ2n) is 4.60. The zero-order valence-electron chi connectivity index (χ0n) is 12.1. The number of hydrogen-bond acceptors (Lipinski definition) is 4. The van der Waals surface area contributed by atoms with Crippen molar-refractivity contribution in [3.63, 3.8) is 0 Å². The van der Waals surface area contributed by atoms with Gasteiger partial charge < -0.3 is 5.32 Å². The van der Waals surface area contributed by atoms with Crippen LogP contribution < -0.4 is 5.32 Å². The van der Waals surface area contributed by atoms with Crippen LogP contribution in [0, 0.1) is 11.6 Å². The SMILES string of the molecule is CC(Sc1nccc(C(F)(F)F)n1)C(=O)Nc1cc(F)ccc1F. The average molecular weight is 363 g/mol. The van der Waals surface area contributed by atoms with E-state index in [9.17, 15) is 26.7 Å². The molecule has 1 heterocycles. The van der Waals surface area contributed by atoms with Gasteiger partial charge in [0.1, 0.15) is 17.3 Å². The summed E-state index contributed by atoms with van der Waals surface area (Å²) in [6.07, 6.45) is -3.70. The van der Waals surface area contributed by atoms with Crippen molar-refractivity contribution in [3.8, 4) is 0 Å². The molecule has 1 aromatic heterocycles. The summed E-state index contributed by atoms with van der Waals surface area (Å²) in [5, 5.41) is 0.972. The van der Waals surface area contributed by atoms with Gasteiger partial charge in [0.2, 0.25) is 5.91 Å². The summed E-state index contributed by atoms with van der Waals surface area (Å²) < 4.78 is 64.3. The molecule has 1 atom stereocenters. The van der Waals surface area contributed by atoms with E-state index < -0.39 is 34.7 Å². The molecule has 1 unspecified atom stereocenters. The van der Waals surface area contributed by atoms with Crippen molar-refractivity contribution in [2.24, 2.45) is 0 Å². The summed E-state index contributed by atoms with van der Waals surface area (Å²) >= 11 is 0.661. The minimum atomic E-state index is -4.63. The number of benzene rings is 1. The van der Waals surface area contributed by atoms with E-state index in [1.807, 2.05) is 0 Å². The molecule has 1 N–H and O–H groups in total. The van der Waals surface area contributed by atoms with Crippen molar-refractivity contribution in [3.05, 3.63) is 47.8 Å². The topological polar surface area (TPSA) is 54.9 Å². The Balaban J connectivity index is 2.08. The monoisotopic (exact) mass is 363 g/mol. The molecule has 0 radical (unpaired) electrons. The minimum Gasteiger partial charge on any atom is -0.323 e. The van der Waals surface area contributed by atoms with Gasteiger partial charge in [-0.1, -0.05) is 11.8 Å². The molecule has 1 amide bonds. The highest BCUT2D eigenvalue weighted by Gasteiger charge is 2.33. The number of amides is 1. The summed E-state index contributed by atoms with van der Waals surface area (Å²) in [5.74, 6) is -2.31. The Hall–Kier alpha value is -2.23. The number of aromatic nitrogens is 2. The third-order valence-corrected chi connectivity index (χ3v) is 3.74. The van der Waals surface area contributed by atoms with Gasteiger partial charge in [0, 0.05) is 12.3 Å². The van der Waals surface area contributed by atoms with Gasteiger partial charge in [0.15, 0.2) is 5.16 Å². The number of halogens is 5. The maximum Gasteiger partial charge on any atom is 0.433 e. The van der Waals surface area contributed by atoms with E-state index >= 15 is 0 Å². The van der Waals surface area contributed by atoms with E-state index in [4.69, 9.17) is 0 Å². The van der Waals surface area contributed by atoms with Crippen LogP contribution in [0.1, 0.15) is 12.6 Å². The number of alkyl halides is 3. The van der Waals surface area contributed by atoms with Crippen LogP contribution in [0.15, 0.2) is 35.6 Å². The molecule has 4 nitrogen and oxygen atoms in total. The molecule has 24 heavy (non-hydrogen) atoms. The summed E-state index contributed by atoms with van der Waals surface area (Å²) in [4.78, 5) is 18.9. The molecule has 0 saturated heterocycles. The number of carbonyl (C=O) groups excluding carboxylic acids is 1. The summed E-state index contributed by atoms with van der Waals surface area (Å²) in [6, 6.07) is 3.24. The summed E-state index contributed by atoms with van der Waals surface area (Å²) in [5.41, 5.74) is -1.50. The largest absolute Gasteiger partial charge is 0.433 e. The second-order valence-corrected chi connectivity index (χ2v) is 5.90. The third-order valence-electron chi connectivity index (χ3n) is 2.76. The fraction of sp³-hybridized carbons (Fsp3) is 0.214. The van der Waals surface area contributed by atoms with Gasteiger partial charge >= 0.3 is 6.18 Å². The van der Waals surface area contributed by atoms with E-state index in [1.54, 1.807) is 0 Å². The van der Waals surface area contributed by atoms with E-state index in [0.717, 1.165) is 24.4 Å². The lowest BCUT2D eigenvalue weighted by Gasteiger charge is -2.12. The number of thioether (sulfide) groups is 1. The van der Waals surface area contributed by atoms with Gasteiger partial charge in [-0.25, -0.2) is 18.7 Å². The van der Waals surface area contributed by atoms with Gasteiger partial charge in [0.25, 0.3) is 0 Å². The first-order valence-electron chi connectivity index (χ1n) is 6.49. The van der Waals surface area contributed by atoms with Crippen LogP contribution >= 0.6 is 11.8 Å². The van der Waals surface area contributed by atoms with Crippen LogP contribution in [0.4, 0.5) is 27.6 Å². The molecule has 10 heteroatoms. The minimum absolute atomic E-state index is 0.257. The molecule has 128 valence electrons. The highest BCUT2D eigenvalue weighted by Crippen LogP contribution is 2.29. The van der Waals surface area contributed by atoms with Crippen LogP contribution in [-0.2, 0) is 11.0 Å². The Morgan fingerprint density at radius 3 is 2.62 bits per heavy atom. The van der Waals surface area contributed by atoms with Crippen LogP contribution in [0.2, 0.25) is 0 Å². The fourth-order valence-corrected chi connectivity index (χ4v) is 2.35. The van der Waals surface area contributed by atoms with Crippen molar-refractivity contribution in [1.82, 2.24) is 9.97 Å². The maximum atomic E-state index is 13.5.